The molecule has 1 aromatic carbocycles. The van der Waals surface area contributed by atoms with Crippen molar-refractivity contribution in [3.63, 3.8) is 0 Å². The molecule has 21 heavy (non-hydrogen) atoms. The topological polar surface area (TPSA) is 62.2 Å². The van der Waals surface area contributed by atoms with Crippen LogP contribution in [0.15, 0.2) is 48.7 Å². The number of halogens is 1. The lowest BCUT2D eigenvalue weighted by Gasteiger charge is -2.14. The maximum atomic E-state index is 12.0. The zero-order valence-electron chi connectivity index (χ0n) is 11.5. The standard InChI is InChI=1S/C16H17ClN2O2/c17-14-6-4-13(5-7-14)16(21)19-10-12(11-20)9-15-3-1-2-8-18-15/h1-8,12,20H,9-11H2,(H,19,21). The molecule has 0 bridgehead atoms. The van der Waals surface area contributed by atoms with E-state index in [4.69, 9.17) is 11.6 Å². The van der Waals surface area contributed by atoms with Crippen molar-refractivity contribution in [1.82, 2.24) is 10.3 Å². The number of rotatable bonds is 6. The van der Waals surface area contributed by atoms with E-state index < -0.39 is 0 Å². The number of nitrogens with zero attached hydrogens (tertiary/aromatic N) is 1. The van der Waals surface area contributed by atoms with E-state index in [0.29, 0.717) is 23.6 Å². The van der Waals surface area contributed by atoms with Gasteiger partial charge in [0.1, 0.15) is 0 Å². The Morgan fingerprint density at radius 1 is 1.24 bits per heavy atom. The molecule has 0 fully saturated rings. The van der Waals surface area contributed by atoms with Gasteiger partial charge in [0.25, 0.3) is 5.91 Å². The highest BCUT2D eigenvalue weighted by molar-refractivity contribution is 6.30. The van der Waals surface area contributed by atoms with Gasteiger partial charge in [-0.15, -0.1) is 0 Å². The molecule has 110 valence electrons. The molecule has 0 saturated carbocycles. The van der Waals surface area contributed by atoms with Crippen LogP contribution in [0.25, 0.3) is 0 Å². The zero-order chi connectivity index (χ0) is 15.1. The number of aromatic nitrogens is 1. The number of benzene rings is 1. The van der Waals surface area contributed by atoms with Gasteiger partial charge >= 0.3 is 0 Å². The predicted molar refractivity (Wildman–Crippen MR) is 82.3 cm³/mol. The summed E-state index contributed by atoms with van der Waals surface area (Å²) in [5, 5.41) is 12.8. The van der Waals surface area contributed by atoms with Gasteiger partial charge in [0, 0.05) is 41.5 Å². The van der Waals surface area contributed by atoms with Crippen molar-refractivity contribution in [2.45, 2.75) is 6.42 Å². The lowest BCUT2D eigenvalue weighted by molar-refractivity contribution is 0.0940. The molecule has 2 N–H and O–H groups in total. The Balaban J connectivity index is 1.88. The second-order valence-electron chi connectivity index (χ2n) is 4.79. The average Bonchev–Trinajstić information content (AvgIpc) is 2.52. The molecule has 1 heterocycles. The quantitative estimate of drug-likeness (QED) is 0.861. The normalized spacial score (nSPS) is 11.9. The Bertz CT molecular complexity index is 573. The Morgan fingerprint density at radius 3 is 2.62 bits per heavy atom. The van der Waals surface area contributed by atoms with Crippen LogP contribution in [0.1, 0.15) is 16.1 Å². The minimum Gasteiger partial charge on any atom is -0.396 e. The first-order valence-corrected chi connectivity index (χ1v) is 7.11. The monoisotopic (exact) mass is 304 g/mol. The molecular formula is C16H17ClN2O2. The maximum Gasteiger partial charge on any atom is 0.251 e. The largest absolute Gasteiger partial charge is 0.396 e. The summed E-state index contributed by atoms with van der Waals surface area (Å²) in [7, 11) is 0. The van der Waals surface area contributed by atoms with Gasteiger partial charge in [-0.3, -0.25) is 9.78 Å². The number of hydrogen-bond donors (Lipinski definition) is 2. The van der Waals surface area contributed by atoms with Gasteiger partial charge in [0.15, 0.2) is 0 Å². The molecular weight excluding hydrogens is 288 g/mol. The highest BCUT2D eigenvalue weighted by Crippen LogP contribution is 2.10. The van der Waals surface area contributed by atoms with Gasteiger partial charge in [0.05, 0.1) is 0 Å². The van der Waals surface area contributed by atoms with E-state index in [1.54, 1.807) is 30.5 Å². The van der Waals surface area contributed by atoms with Gasteiger partial charge in [-0.1, -0.05) is 17.7 Å². The van der Waals surface area contributed by atoms with Crippen molar-refractivity contribution in [3.8, 4) is 0 Å². The SMILES string of the molecule is O=C(NCC(CO)Cc1ccccn1)c1ccc(Cl)cc1. The van der Waals surface area contributed by atoms with Crippen molar-refractivity contribution in [1.29, 1.82) is 0 Å². The van der Waals surface area contributed by atoms with E-state index in [1.807, 2.05) is 18.2 Å². The minimum absolute atomic E-state index is 0.00251. The molecule has 1 atom stereocenters. The lowest BCUT2D eigenvalue weighted by Crippen LogP contribution is -2.32. The van der Waals surface area contributed by atoms with Gasteiger partial charge in [-0.05, 0) is 42.8 Å². The van der Waals surface area contributed by atoms with Crippen LogP contribution in [0.5, 0.6) is 0 Å². The lowest BCUT2D eigenvalue weighted by atomic mass is 10.0. The van der Waals surface area contributed by atoms with Crippen molar-refractivity contribution < 1.29 is 9.90 Å². The second kappa shape index (κ2) is 7.76. The molecule has 0 spiro atoms. The number of aliphatic hydroxyl groups excluding tert-OH is 1. The molecule has 5 heteroatoms. The number of nitrogens with one attached hydrogen (secondary N) is 1. The Kier molecular flexibility index (Phi) is 5.72. The van der Waals surface area contributed by atoms with Gasteiger partial charge in [0.2, 0.25) is 0 Å². The maximum absolute atomic E-state index is 12.0. The summed E-state index contributed by atoms with van der Waals surface area (Å²) in [6.45, 7) is 0.395. The molecule has 1 aromatic heterocycles. The second-order valence-corrected chi connectivity index (χ2v) is 5.23. The first kappa shape index (κ1) is 15.5. The van der Waals surface area contributed by atoms with E-state index in [-0.39, 0.29) is 18.4 Å². The van der Waals surface area contributed by atoms with E-state index in [2.05, 4.69) is 10.3 Å². The number of pyridine rings is 1. The van der Waals surface area contributed by atoms with Crippen LogP contribution in [-0.4, -0.2) is 29.1 Å². The number of carbonyl (C=O) groups excluding carboxylic acids is 1. The van der Waals surface area contributed by atoms with Crippen molar-refractivity contribution in [2.24, 2.45) is 5.92 Å². The molecule has 0 radical (unpaired) electrons. The third kappa shape index (κ3) is 4.85. The van der Waals surface area contributed by atoms with Crippen LogP contribution in [0.3, 0.4) is 0 Å². The molecule has 1 unspecified atom stereocenters. The van der Waals surface area contributed by atoms with Gasteiger partial charge < -0.3 is 10.4 Å². The van der Waals surface area contributed by atoms with Crippen LogP contribution < -0.4 is 5.32 Å². The van der Waals surface area contributed by atoms with Crippen LogP contribution in [0.4, 0.5) is 0 Å². The molecule has 2 rings (SSSR count). The van der Waals surface area contributed by atoms with Gasteiger partial charge in [-0.25, -0.2) is 0 Å². The summed E-state index contributed by atoms with van der Waals surface area (Å²) in [5.74, 6) is -0.234. The van der Waals surface area contributed by atoms with Crippen LogP contribution in [0.2, 0.25) is 5.02 Å². The number of aliphatic hydroxyl groups is 1. The van der Waals surface area contributed by atoms with E-state index in [0.717, 1.165) is 5.69 Å². The molecule has 2 aromatic rings. The van der Waals surface area contributed by atoms with Crippen LogP contribution >= 0.6 is 11.6 Å². The smallest absolute Gasteiger partial charge is 0.251 e. The summed E-state index contributed by atoms with van der Waals surface area (Å²) in [4.78, 5) is 16.2. The molecule has 1 amide bonds. The van der Waals surface area contributed by atoms with E-state index >= 15 is 0 Å². The first-order valence-electron chi connectivity index (χ1n) is 6.73. The molecule has 0 saturated heterocycles. The van der Waals surface area contributed by atoms with Gasteiger partial charge in [-0.2, -0.15) is 0 Å². The summed E-state index contributed by atoms with van der Waals surface area (Å²) in [5.41, 5.74) is 1.45. The molecule has 0 aliphatic heterocycles. The highest BCUT2D eigenvalue weighted by Gasteiger charge is 2.12. The summed E-state index contributed by atoms with van der Waals surface area (Å²) < 4.78 is 0. The van der Waals surface area contributed by atoms with Crippen molar-refractivity contribution in [3.05, 3.63) is 64.9 Å². The first-order chi connectivity index (χ1) is 10.2. The Morgan fingerprint density at radius 2 is 2.00 bits per heavy atom. The number of hydrogen-bond acceptors (Lipinski definition) is 3. The predicted octanol–water partition coefficient (Wildman–Crippen LogP) is 2.32. The van der Waals surface area contributed by atoms with Crippen LogP contribution in [0, 0.1) is 5.92 Å². The highest BCUT2D eigenvalue weighted by atomic mass is 35.5. The molecule has 4 nitrogen and oxygen atoms in total. The average molecular weight is 305 g/mol. The summed E-state index contributed by atoms with van der Waals surface area (Å²) >= 11 is 5.78. The van der Waals surface area contributed by atoms with Crippen molar-refractivity contribution in [2.75, 3.05) is 13.2 Å². The van der Waals surface area contributed by atoms with Crippen LogP contribution in [-0.2, 0) is 6.42 Å². The van der Waals surface area contributed by atoms with E-state index in [1.165, 1.54) is 0 Å². The fourth-order valence-corrected chi connectivity index (χ4v) is 2.08. The third-order valence-electron chi connectivity index (χ3n) is 3.14. The molecule has 0 aliphatic rings. The summed E-state index contributed by atoms with van der Waals surface area (Å²) in [6, 6.07) is 12.4. The fraction of sp³-hybridized carbons (Fsp3) is 0.250. The zero-order valence-corrected chi connectivity index (χ0v) is 12.3. The Labute approximate surface area is 128 Å². The summed E-state index contributed by atoms with van der Waals surface area (Å²) in [6.07, 6.45) is 2.34. The molecule has 0 aliphatic carbocycles. The third-order valence-corrected chi connectivity index (χ3v) is 3.39. The Hall–Kier alpha value is -1.91. The minimum atomic E-state index is -0.175. The number of carbonyl (C=O) groups is 1. The van der Waals surface area contributed by atoms with E-state index in [9.17, 15) is 9.90 Å². The number of amides is 1. The fourth-order valence-electron chi connectivity index (χ4n) is 1.96. The van der Waals surface area contributed by atoms with Crippen molar-refractivity contribution >= 4 is 17.5 Å².